The van der Waals surface area contributed by atoms with E-state index in [4.69, 9.17) is 28.4 Å². The van der Waals surface area contributed by atoms with E-state index in [0.29, 0.717) is 19.3 Å². The van der Waals surface area contributed by atoms with Gasteiger partial charge >= 0.3 is 11.9 Å². The largest absolute Gasteiger partial charge is 0.462 e. The fraction of sp³-hybridized carbons (Fsp3) is 0.763. The van der Waals surface area contributed by atoms with Crippen LogP contribution in [-0.2, 0) is 38.0 Å². The van der Waals surface area contributed by atoms with Crippen molar-refractivity contribution in [2.24, 2.45) is 0 Å². The lowest BCUT2D eigenvalue weighted by Gasteiger charge is -2.42. The second-order valence-electron chi connectivity index (χ2n) is 19.7. The summed E-state index contributed by atoms with van der Waals surface area (Å²) in [5.74, 6) is -1.02. The molecule has 0 aromatic heterocycles. The Kier molecular flexibility index (Phi) is 40.8. The minimum absolute atomic E-state index is 0.0385. The number of ether oxygens (including phenoxy) is 6. The van der Waals surface area contributed by atoms with Gasteiger partial charge in [0.25, 0.3) is 0 Å². The lowest BCUT2D eigenvalue weighted by atomic mass is 9.98. The first-order valence-corrected chi connectivity index (χ1v) is 28.5. The topological polar surface area (TPSA) is 231 Å². The Morgan fingerprint density at radius 1 is 0.446 bits per heavy atom. The smallest absolute Gasteiger partial charge is 0.306 e. The van der Waals surface area contributed by atoms with Gasteiger partial charge in [-0.1, -0.05) is 202 Å². The molecule has 2 aliphatic rings. The molecule has 2 aliphatic heterocycles. The number of carbonyl (C=O) groups is 2. The number of unbranched alkanes of at least 4 members (excludes halogenated alkanes) is 18. The van der Waals surface area contributed by atoms with Gasteiger partial charge in [0.15, 0.2) is 18.7 Å². The number of aliphatic hydroxyl groups is 7. The number of hydrogen-bond donors (Lipinski definition) is 7. The van der Waals surface area contributed by atoms with E-state index in [1.807, 2.05) is 12.2 Å². The molecule has 0 saturated carbocycles. The van der Waals surface area contributed by atoms with Crippen LogP contribution in [0.25, 0.3) is 0 Å². The normalized spacial score (nSPS) is 25.2. The molecule has 2 fully saturated rings. The summed E-state index contributed by atoms with van der Waals surface area (Å²) in [6, 6.07) is 0. The molecule has 0 aromatic carbocycles. The summed E-state index contributed by atoms with van der Waals surface area (Å²) in [6.07, 6.45) is 38.0. The third-order valence-corrected chi connectivity index (χ3v) is 13.2. The molecule has 2 heterocycles. The minimum atomic E-state index is -1.78. The van der Waals surface area contributed by atoms with Crippen LogP contribution in [0.3, 0.4) is 0 Å². The summed E-state index contributed by atoms with van der Waals surface area (Å²) < 4.78 is 33.6. The summed E-state index contributed by atoms with van der Waals surface area (Å²) in [4.78, 5) is 25.8. The maximum absolute atomic E-state index is 13.0. The zero-order chi connectivity index (χ0) is 53.9. The van der Waals surface area contributed by atoms with E-state index in [2.05, 4.69) is 74.6 Å². The van der Waals surface area contributed by atoms with Crippen molar-refractivity contribution in [2.45, 2.75) is 261 Å². The third-order valence-electron chi connectivity index (χ3n) is 13.2. The van der Waals surface area contributed by atoms with E-state index < -0.39 is 99.3 Å². The number of aliphatic hydroxyl groups excluding tert-OH is 7. The zero-order valence-corrected chi connectivity index (χ0v) is 45.3. The Bertz CT molecular complexity index is 1560. The van der Waals surface area contributed by atoms with E-state index in [0.717, 1.165) is 51.4 Å². The van der Waals surface area contributed by atoms with E-state index in [-0.39, 0.29) is 19.4 Å². The van der Waals surface area contributed by atoms with Gasteiger partial charge in [0.05, 0.1) is 19.8 Å². The van der Waals surface area contributed by atoms with Crippen LogP contribution in [0.2, 0.25) is 0 Å². The molecule has 7 N–H and O–H groups in total. The fourth-order valence-electron chi connectivity index (χ4n) is 8.60. The van der Waals surface area contributed by atoms with Crippen LogP contribution in [-0.4, -0.2) is 142 Å². The molecule has 15 nitrogen and oxygen atoms in total. The molecule has 0 amide bonds. The Balaban J connectivity index is 1.80. The lowest BCUT2D eigenvalue weighted by molar-refractivity contribution is -0.332. The first kappa shape index (κ1) is 67.1. The minimum Gasteiger partial charge on any atom is -0.462 e. The number of esters is 2. The molecule has 11 atom stereocenters. The fourth-order valence-corrected chi connectivity index (χ4v) is 8.60. The molecule has 15 heteroatoms. The van der Waals surface area contributed by atoms with Gasteiger partial charge in [-0.15, -0.1) is 0 Å². The Morgan fingerprint density at radius 2 is 0.851 bits per heavy atom. The van der Waals surface area contributed by atoms with Crippen LogP contribution in [0.1, 0.15) is 194 Å². The number of hydrogen-bond acceptors (Lipinski definition) is 15. The van der Waals surface area contributed by atoms with Crippen molar-refractivity contribution in [3.8, 4) is 0 Å². The van der Waals surface area contributed by atoms with Gasteiger partial charge in [-0.25, -0.2) is 0 Å². The van der Waals surface area contributed by atoms with Crippen molar-refractivity contribution in [1.29, 1.82) is 0 Å². The van der Waals surface area contributed by atoms with Crippen molar-refractivity contribution < 1.29 is 73.8 Å². The highest BCUT2D eigenvalue weighted by atomic mass is 16.7. The van der Waals surface area contributed by atoms with Crippen LogP contribution in [0.15, 0.2) is 72.9 Å². The van der Waals surface area contributed by atoms with Crippen LogP contribution < -0.4 is 0 Å². The monoisotopic (exact) mass is 1050 g/mol. The van der Waals surface area contributed by atoms with Gasteiger partial charge < -0.3 is 64.2 Å². The van der Waals surface area contributed by atoms with E-state index in [1.165, 1.54) is 96.3 Å². The quantitative estimate of drug-likeness (QED) is 0.0171. The van der Waals surface area contributed by atoms with Crippen LogP contribution in [0.5, 0.6) is 0 Å². The number of carbonyl (C=O) groups excluding carboxylic acids is 2. The molecule has 74 heavy (non-hydrogen) atoms. The second kappa shape index (κ2) is 45.0. The average molecular weight is 1050 g/mol. The van der Waals surface area contributed by atoms with E-state index in [1.54, 1.807) is 0 Å². The van der Waals surface area contributed by atoms with Crippen LogP contribution >= 0.6 is 0 Å². The van der Waals surface area contributed by atoms with Crippen LogP contribution in [0, 0.1) is 0 Å². The summed E-state index contributed by atoms with van der Waals surface area (Å²) in [7, 11) is 0. The van der Waals surface area contributed by atoms with Crippen LogP contribution in [0.4, 0.5) is 0 Å². The van der Waals surface area contributed by atoms with Gasteiger partial charge in [-0.2, -0.15) is 0 Å². The average Bonchev–Trinajstić information content (AvgIpc) is 3.39. The van der Waals surface area contributed by atoms with Gasteiger partial charge in [0.2, 0.25) is 0 Å². The molecular weight excluding hydrogens is 949 g/mol. The summed E-state index contributed by atoms with van der Waals surface area (Å²) in [6.45, 7) is 2.42. The van der Waals surface area contributed by atoms with Gasteiger partial charge in [0.1, 0.15) is 55.4 Å². The molecule has 0 spiro atoms. The Morgan fingerprint density at radius 3 is 1.31 bits per heavy atom. The maximum Gasteiger partial charge on any atom is 0.306 e. The highest BCUT2D eigenvalue weighted by molar-refractivity contribution is 5.70. The zero-order valence-electron chi connectivity index (χ0n) is 45.3. The van der Waals surface area contributed by atoms with Crippen molar-refractivity contribution >= 4 is 11.9 Å². The maximum atomic E-state index is 13.0. The highest BCUT2D eigenvalue weighted by Gasteiger charge is 2.47. The second-order valence-corrected chi connectivity index (χ2v) is 19.7. The molecule has 0 radical (unpaired) electrons. The molecular formula is C59H100O15. The molecule has 0 aliphatic carbocycles. The van der Waals surface area contributed by atoms with Crippen molar-refractivity contribution in [2.75, 3.05) is 26.4 Å². The molecule has 2 saturated heterocycles. The summed E-state index contributed by atoms with van der Waals surface area (Å²) >= 11 is 0. The third kappa shape index (κ3) is 31.9. The molecule has 0 aromatic rings. The summed E-state index contributed by atoms with van der Waals surface area (Å²) in [5.41, 5.74) is 0. The van der Waals surface area contributed by atoms with E-state index >= 15 is 0 Å². The summed E-state index contributed by atoms with van der Waals surface area (Å²) in [5, 5.41) is 72.2. The molecule has 0 bridgehead atoms. The van der Waals surface area contributed by atoms with Gasteiger partial charge in [-0.05, 0) is 51.4 Å². The lowest BCUT2D eigenvalue weighted by Crippen LogP contribution is -2.61. The molecule has 4 unspecified atom stereocenters. The van der Waals surface area contributed by atoms with Crippen molar-refractivity contribution in [1.82, 2.24) is 0 Å². The van der Waals surface area contributed by atoms with Gasteiger partial charge in [-0.3, -0.25) is 9.59 Å². The first-order valence-electron chi connectivity index (χ1n) is 28.5. The Labute approximate surface area is 444 Å². The molecule has 426 valence electrons. The van der Waals surface area contributed by atoms with Crippen molar-refractivity contribution in [3.05, 3.63) is 72.9 Å². The number of rotatable bonds is 44. The predicted octanol–water partition coefficient (Wildman–Crippen LogP) is 9.38. The highest BCUT2D eigenvalue weighted by Crippen LogP contribution is 2.26. The standard InChI is InChI=1S/C59H100O15/c1-3-5-7-9-11-13-15-17-19-21-23-25-27-29-31-33-35-37-39-41-50(61)69-44-47(72-51(62)42-40-38-36-34-32-30-28-26-24-22-20-18-16-14-12-10-8-6-4-2)45-70-58-57(68)55(66)53(64)49(74-58)46-71-59-56(67)54(65)52(63)48(43-60)73-59/h6,8,12,14,18,20,24,26,30,32,36,38,47-49,52-60,63-68H,3-5,7,9-11,13,15-17,19,21-23,25,27-29,31,33-35,37,39-46H2,1-2H3/b8-6+,14-12+,20-18+,26-24+,32-30+,38-36+/t47-,48+,49+,52-,53-,54?,55?,56?,57?,58+,59+/m0/s1. The first-order chi connectivity index (χ1) is 36.0. The van der Waals surface area contributed by atoms with Gasteiger partial charge in [0, 0.05) is 12.8 Å². The SMILES string of the molecule is CC/C=C/C/C=C/C/C=C/C/C=C/C/C=C/C/C=C/CCC(=O)O[C@@H](COC(=O)CCCCCCCCCCCCCCCCCCCCC)CO[C@@H]1O[C@H](CO[C@@H]2O[C@H](CO)[C@H](O)C(O)C2O)[C@H](O)C(O)C1O. The predicted molar refractivity (Wildman–Crippen MR) is 289 cm³/mol. The van der Waals surface area contributed by atoms with E-state index in [9.17, 15) is 45.3 Å². The Hall–Kier alpha value is -3.06. The van der Waals surface area contributed by atoms with Crippen molar-refractivity contribution in [3.63, 3.8) is 0 Å². The molecule has 2 rings (SSSR count). The number of allylic oxidation sites excluding steroid dienone is 12.